The van der Waals surface area contributed by atoms with E-state index in [1.165, 1.54) is 0 Å². The molecule has 2 aromatic heterocycles. The highest BCUT2D eigenvalue weighted by atomic mass is 35.5. The Morgan fingerprint density at radius 1 is 1.12 bits per heavy atom. The number of Topliss-reactive ketones (excluding diaryl/α,β-unsaturated/α-hetero) is 1. The topological polar surface area (TPSA) is 79.9 Å². The molecule has 0 saturated heterocycles. The number of H-pyrrole nitrogens is 2. The van der Waals surface area contributed by atoms with Crippen LogP contribution in [0.5, 0.6) is 5.75 Å². The van der Waals surface area contributed by atoms with E-state index in [0.717, 1.165) is 47.8 Å². The summed E-state index contributed by atoms with van der Waals surface area (Å²) < 4.78 is 7.15. The Hall–Kier alpha value is -3.25. The molecule has 2 aromatic carbocycles. The van der Waals surface area contributed by atoms with E-state index in [1.807, 2.05) is 25.1 Å². The molecule has 2 N–H and O–H groups in total. The molecule has 1 unspecified atom stereocenters. The molecule has 170 valence electrons. The Balaban J connectivity index is 1.70. The van der Waals surface area contributed by atoms with Crippen LogP contribution in [0.3, 0.4) is 0 Å². The molecule has 1 fully saturated rings. The van der Waals surface area contributed by atoms with Crippen LogP contribution in [0.25, 0.3) is 10.9 Å². The Morgan fingerprint density at radius 2 is 1.85 bits per heavy atom. The van der Waals surface area contributed by atoms with E-state index in [4.69, 9.17) is 16.3 Å². The fourth-order valence-corrected chi connectivity index (χ4v) is 5.17. The standard InChI is InChI=1S/C26H26ClN3O3/c1-15-24(20-13-19(33-2)11-12-21(20)28-15)25(26(32)16-7-9-17(27)10-8-16)22-14-23(31)30(29-22)18-5-3-4-6-18/h7-14,18,25,28-29H,3-6H2,1-2H3. The number of fused-ring (bicyclic) bond motifs is 1. The smallest absolute Gasteiger partial charge is 0.267 e. The first-order valence-electron chi connectivity index (χ1n) is 11.2. The van der Waals surface area contributed by atoms with Crippen LogP contribution in [0, 0.1) is 6.92 Å². The monoisotopic (exact) mass is 463 g/mol. The van der Waals surface area contributed by atoms with Gasteiger partial charge in [0.15, 0.2) is 5.78 Å². The molecule has 0 radical (unpaired) electrons. The van der Waals surface area contributed by atoms with Gasteiger partial charge in [0.1, 0.15) is 5.75 Å². The molecule has 0 bridgehead atoms. The largest absolute Gasteiger partial charge is 0.497 e. The predicted octanol–water partition coefficient (Wildman–Crippen LogP) is 5.76. The summed E-state index contributed by atoms with van der Waals surface area (Å²) in [5.41, 5.74) is 3.66. The van der Waals surface area contributed by atoms with Crippen LogP contribution >= 0.6 is 11.6 Å². The first-order chi connectivity index (χ1) is 16.0. The lowest BCUT2D eigenvalue weighted by molar-refractivity contribution is 0.0972. The van der Waals surface area contributed by atoms with Crippen LogP contribution in [-0.4, -0.2) is 27.7 Å². The van der Waals surface area contributed by atoms with Crippen molar-refractivity contribution >= 4 is 28.3 Å². The maximum atomic E-state index is 13.9. The fraction of sp³-hybridized carbons (Fsp3) is 0.308. The molecule has 1 atom stereocenters. The SMILES string of the molecule is COc1ccc2[nH]c(C)c(C(C(=O)c3ccc(Cl)cc3)c3cc(=O)n(C4CCCC4)[nH]3)c2c1. The first kappa shape index (κ1) is 21.6. The second kappa shape index (κ2) is 8.60. The maximum Gasteiger partial charge on any atom is 0.267 e. The van der Waals surface area contributed by atoms with Gasteiger partial charge < -0.3 is 9.72 Å². The molecule has 1 aliphatic carbocycles. The van der Waals surface area contributed by atoms with Crippen LogP contribution in [-0.2, 0) is 0 Å². The number of aromatic amines is 2. The number of nitrogens with zero attached hydrogens (tertiary/aromatic N) is 1. The van der Waals surface area contributed by atoms with Crippen molar-refractivity contribution in [3.63, 3.8) is 0 Å². The third-order valence-electron chi connectivity index (χ3n) is 6.69. The molecule has 0 amide bonds. The summed E-state index contributed by atoms with van der Waals surface area (Å²) in [5.74, 6) is -0.0712. The first-order valence-corrected chi connectivity index (χ1v) is 11.6. The van der Waals surface area contributed by atoms with Crippen LogP contribution in [0.4, 0.5) is 0 Å². The number of rotatable bonds is 6. The third-order valence-corrected chi connectivity index (χ3v) is 6.94. The van der Waals surface area contributed by atoms with Crippen molar-refractivity contribution in [2.45, 2.75) is 44.6 Å². The van der Waals surface area contributed by atoms with Crippen LogP contribution in [0.1, 0.15) is 65.0 Å². The minimum Gasteiger partial charge on any atom is -0.497 e. The molecule has 6 nitrogen and oxygen atoms in total. The molecule has 1 saturated carbocycles. The van der Waals surface area contributed by atoms with Gasteiger partial charge in [-0.1, -0.05) is 24.4 Å². The quantitative estimate of drug-likeness (QED) is 0.357. The number of carbonyl (C=O) groups is 1. The van der Waals surface area contributed by atoms with Crippen LogP contribution < -0.4 is 10.3 Å². The van der Waals surface area contributed by atoms with Gasteiger partial charge in [-0.3, -0.25) is 14.7 Å². The van der Waals surface area contributed by atoms with Crippen molar-refractivity contribution in [1.82, 2.24) is 14.8 Å². The molecular formula is C26H26ClN3O3. The van der Waals surface area contributed by atoms with Gasteiger partial charge in [0.05, 0.1) is 24.8 Å². The molecule has 33 heavy (non-hydrogen) atoms. The van der Waals surface area contributed by atoms with Crippen molar-refractivity contribution in [3.8, 4) is 5.75 Å². The van der Waals surface area contributed by atoms with Crippen LogP contribution in [0.2, 0.25) is 5.02 Å². The van der Waals surface area contributed by atoms with Gasteiger partial charge in [-0.2, -0.15) is 0 Å². The van der Waals surface area contributed by atoms with E-state index in [9.17, 15) is 9.59 Å². The molecular weight excluding hydrogens is 438 g/mol. The lowest BCUT2D eigenvalue weighted by atomic mass is 9.86. The highest BCUT2D eigenvalue weighted by Gasteiger charge is 2.31. The molecule has 2 heterocycles. The zero-order valence-electron chi connectivity index (χ0n) is 18.7. The average molecular weight is 464 g/mol. The van der Waals surface area contributed by atoms with Crippen molar-refractivity contribution in [2.75, 3.05) is 7.11 Å². The summed E-state index contributed by atoms with van der Waals surface area (Å²) >= 11 is 6.06. The zero-order valence-corrected chi connectivity index (χ0v) is 19.4. The summed E-state index contributed by atoms with van der Waals surface area (Å²) in [5, 5.41) is 4.77. The van der Waals surface area contributed by atoms with E-state index < -0.39 is 5.92 Å². The lowest BCUT2D eigenvalue weighted by Crippen LogP contribution is -2.20. The summed E-state index contributed by atoms with van der Waals surface area (Å²) in [4.78, 5) is 30.2. The number of aromatic nitrogens is 3. The summed E-state index contributed by atoms with van der Waals surface area (Å²) in [7, 11) is 1.62. The highest BCUT2D eigenvalue weighted by molar-refractivity contribution is 6.30. The van der Waals surface area contributed by atoms with E-state index >= 15 is 0 Å². The average Bonchev–Trinajstić information content (AvgIpc) is 3.54. The van der Waals surface area contributed by atoms with Gasteiger partial charge in [0.25, 0.3) is 5.56 Å². The summed E-state index contributed by atoms with van der Waals surface area (Å²) in [6.45, 7) is 1.95. The summed E-state index contributed by atoms with van der Waals surface area (Å²) in [6, 6.07) is 14.4. The molecule has 0 spiro atoms. The highest BCUT2D eigenvalue weighted by Crippen LogP contribution is 2.37. The second-order valence-electron chi connectivity index (χ2n) is 8.74. The molecule has 4 aromatic rings. The van der Waals surface area contributed by atoms with Crippen molar-refractivity contribution in [1.29, 1.82) is 0 Å². The second-order valence-corrected chi connectivity index (χ2v) is 9.17. The van der Waals surface area contributed by atoms with Gasteiger partial charge in [-0.15, -0.1) is 0 Å². The van der Waals surface area contributed by atoms with Crippen molar-refractivity contribution in [2.24, 2.45) is 0 Å². The number of halogens is 1. The molecule has 1 aliphatic rings. The number of benzene rings is 2. The van der Waals surface area contributed by atoms with Crippen molar-refractivity contribution < 1.29 is 9.53 Å². The van der Waals surface area contributed by atoms with Gasteiger partial charge >= 0.3 is 0 Å². The fourth-order valence-electron chi connectivity index (χ4n) is 5.04. The number of methoxy groups -OCH3 is 1. The molecule has 5 rings (SSSR count). The zero-order chi connectivity index (χ0) is 23.1. The number of carbonyl (C=O) groups excluding carboxylic acids is 1. The Kier molecular flexibility index (Phi) is 5.62. The number of hydrogen-bond donors (Lipinski definition) is 2. The minimum absolute atomic E-state index is 0.0964. The minimum atomic E-state index is -0.678. The Bertz CT molecular complexity index is 1370. The number of nitrogens with one attached hydrogen (secondary N) is 2. The summed E-state index contributed by atoms with van der Waals surface area (Å²) in [6.07, 6.45) is 4.16. The normalized spacial score (nSPS) is 15.2. The van der Waals surface area contributed by atoms with E-state index in [2.05, 4.69) is 10.1 Å². The van der Waals surface area contributed by atoms with E-state index in [-0.39, 0.29) is 17.4 Å². The van der Waals surface area contributed by atoms with Gasteiger partial charge in [-0.05, 0) is 67.8 Å². The van der Waals surface area contributed by atoms with Crippen LogP contribution in [0.15, 0.2) is 53.3 Å². The molecule has 7 heteroatoms. The maximum absolute atomic E-state index is 13.9. The number of aryl methyl sites for hydroxylation is 1. The van der Waals surface area contributed by atoms with Crippen molar-refractivity contribution in [3.05, 3.63) is 86.4 Å². The van der Waals surface area contributed by atoms with E-state index in [0.29, 0.717) is 22.0 Å². The molecule has 0 aliphatic heterocycles. The number of ketones is 1. The van der Waals surface area contributed by atoms with Gasteiger partial charge in [0, 0.05) is 33.2 Å². The third kappa shape index (κ3) is 3.89. The lowest BCUT2D eigenvalue weighted by Gasteiger charge is -2.17. The Morgan fingerprint density at radius 3 is 2.55 bits per heavy atom. The van der Waals surface area contributed by atoms with Gasteiger partial charge in [-0.25, -0.2) is 4.68 Å². The van der Waals surface area contributed by atoms with E-state index in [1.54, 1.807) is 42.1 Å². The number of hydrogen-bond acceptors (Lipinski definition) is 3. The number of ether oxygens (including phenoxy) is 1. The van der Waals surface area contributed by atoms with Gasteiger partial charge in [0.2, 0.25) is 0 Å². The predicted molar refractivity (Wildman–Crippen MR) is 130 cm³/mol. The Labute approximate surface area is 196 Å².